The van der Waals surface area contributed by atoms with Gasteiger partial charge in [0.1, 0.15) is 16.2 Å². The van der Waals surface area contributed by atoms with Gasteiger partial charge in [0.15, 0.2) is 0 Å². The molecule has 0 fully saturated rings. The summed E-state index contributed by atoms with van der Waals surface area (Å²) in [6, 6.07) is 68.7. The first-order valence-corrected chi connectivity index (χ1v) is 18.6. The minimum atomic E-state index is 0.826. The molecule has 0 N–H and O–H groups in total. The molecule has 250 valence electrons. The second-order valence-corrected chi connectivity index (χ2v) is 14.2. The molecule has 0 aliphatic rings. The molecule has 0 bridgehead atoms. The summed E-state index contributed by atoms with van der Waals surface area (Å²) in [4.78, 5) is 7.41. The smallest absolute Gasteiger partial charge is 0.137 e. The van der Waals surface area contributed by atoms with Gasteiger partial charge in [-0.2, -0.15) is 0 Å². The van der Waals surface area contributed by atoms with E-state index in [1.807, 2.05) is 6.07 Å². The molecule has 0 aliphatic heterocycles. The van der Waals surface area contributed by atoms with Crippen LogP contribution >= 0.6 is 11.3 Å². The third kappa shape index (κ3) is 5.66. The van der Waals surface area contributed by atoms with E-state index >= 15 is 0 Å². The summed E-state index contributed by atoms with van der Waals surface area (Å²) in [6.45, 7) is 0. The first-order valence-electron chi connectivity index (χ1n) is 17.8. The van der Waals surface area contributed by atoms with Gasteiger partial charge in [-0.05, 0) is 70.3 Å². The lowest BCUT2D eigenvalue weighted by Gasteiger charge is -2.29. The van der Waals surface area contributed by atoms with Gasteiger partial charge in [0.2, 0.25) is 0 Å². The molecule has 0 spiro atoms. The van der Waals surface area contributed by atoms with E-state index < -0.39 is 0 Å². The molecule has 8 aromatic carbocycles. The van der Waals surface area contributed by atoms with Crippen molar-refractivity contribution in [1.29, 1.82) is 0 Å². The molecule has 10 aromatic rings. The van der Waals surface area contributed by atoms with Crippen LogP contribution < -0.4 is 4.90 Å². The van der Waals surface area contributed by atoms with Crippen LogP contribution in [0.25, 0.3) is 76.1 Å². The molecule has 2 heterocycles. The van der Waals surface area contributed by atoms with Crippen LogP contribution in [0.4, 0.5) is 17.1 Å². The Morgan fingerprint density at radius 3 is 1.70 bits per heavy atom. The number of fused-ring (bicyclic) bond motifs is 4. The molecule has 10 rings (SSSR count). The summed E-state index contributed by atoms with van der Waals surface area (Å²) in [5, 5.41) is 3.14. The van der Waals surface area contributed by atoms with E-state index in [1.54, 1.807) is 11.3 Å². The van der Waals surface area contributed by atoms with Gasteiger partial charge in [-0.1, -0.05) is 146 Å². The van der Waals surface area contributed by atoms with Crippen molar-refractivity contribution in [2.24, 2.45) is 0 Å². The number of rotatable bonds is 7. The Morgan fingerprint density at radius 2 is 1.02 bits per heavy atom. The minimum absolute atomic E-state index is 0.826. The average Bonchev–Trinajstić information content (AvgIpc) is 3.83. The van der Waals surface area contributed by atoms with Gasteiger partial charge in [0.25, 0.3) is 0 Å². The Kier molecular flexibility index (Phi) is 7.67. The fourth-order valence-electron chi connectivity index (χ4n) is 7.35. The molecule has 0 aliphatic carbocycles. The van der Waals surface area contributed by atoms with E-state index in [0.717, 1.165) is 70.9 Å². The molecule has 2 aromatic heterocycles. The van der Waals surface area contributed by atoms with Crippen molar-refractivity contribution in [2.45, 2.75) is 0 Å². The molecule has 0 saturated heterocycles. The predicted molar refractivity (Wildman–Crippen MR) is 223 cm³/mol. The van der Waals surface area contributed by atoms with Crippen LogP contribution in [0.1, 0.15) is 0 Å². The van der Waals surface area contributed by atoms with E-state index in [1.165, 1.54) is 22.3 Å². The van der Waals surface area contributed by atoms with Crippen LogP contribution in [0.15, 0.2) is 199 Å². The van der Waals surface area contributed by atoms with Gasteiger partial charge in [0.05, 0.1) is 27.0 Å². The standard InChI is InChI=1S/C49H32N2OS/c1-5-14-33(15-6-1)35-24-27-39(28-25-35)51(43-29-26-38(34-16-7-2-8-17-34)30-40(43)36-18-9-3-10-19-36)44-22-13-23-45-48(44)41-31-47-42(32-46(41)52-45)50-49(53-47)37-20-11-4-12-21-37/h1-32H. The summed E-state index contributed by atoms with van der Waals surface area (Å²) < 4.78 is 7.77. The second kappa shape index (κ2) is 13.1. The normalized spacial score (nSPS) is 11.4. The summed E-state index contributed by atoms with van der Waals surface area (Å²) >= 11 is 1.72. The Balaban J connectivity index is 1.22. The van der Waals surface area contributed by atoms with Crippen molar-refractivity contribution in [3.8, 4) is 44.0 Å². The van der Waals surface area contributed by atoms with Gasteiger partial charge in [0, 0.05) is 28.3 Å². The van der Waals surface area contributed by atoms with E-state index in [4.69, 9.17) is 9.40 Å². The maximum atomic E-state index is 6.64. The first-order chi connectivity index (χ1) is 26.3. The van der Waals surface area contributed by atoms with Gasteiger partial charge in [-0.25, -0.2) is 4.98 Å². The number of hydrogen-bond donors (Lipinski definition) is 0. The lowest BCUT2D eigenvalue weighted by Crippen LogP contribution is -2.11. The van der Waals surface area contributed by atoms with Crippen LogP contribution in [0, 0.1) is 0 Å². The number of aromatic nitrogens is 1. The second-order valence-electron chi connectivity index (χ2n) is 13.2. The molecular formula is C49H32N2OS. The quantitative estimate of drug-likeness (QED) is 0.166. The molecular weight excluding hydrogens is 665 g/mol. The Labute approximate surface area is 311 Å². The summed E-state index contributed by atoms with van der Waals surface area (Å²) in [6.07, 6.45) is 0. The van der Waals surface area contributed by atoms with E-state index in [2.05, 4.69) is 193 Å². The number of hydrogen-bond acceptors (Lipinski definition) is 4. The van der Waals surface area contributed by atoms with Crippen LogP contribution in [0.5, 0.6) is 0 Å². The fraction of sp³-hybridized carbons (Fsp3) is 0. The third-order valence-corrected chi connectivity index (χ3v) is 11.0. The Hall–Kier alpha value is -6.75. The lowest BCUT2D eigenvalue weighted by molar-refractivity contribution is 0.669. The molecule has 0 saturated carbocycles. The third-order valence-electron chi connectivity index (χ3n) is 9.91. The first kappa shape index (κ1) is 31.0. The van der Waals surface area contributed by atoms with Crippen LogP contribution in [-0.4, -0.2) is 4.98 Å². The molecule has 0 amide bonds. The number of benzene rings is 8. The Bertz CT molecular complexity index is 2860. The summed E-state index contributed by atoms with van der Waals surface area (Å²) in [7, 11) is 0. The topological polar surface area (TPSA) is 29.3 Å². The highest BCUT2D eigenvalue weighted by atomic mass is 32.1. The van der Waals surface area contributed by atoms with E-state index in [9.17, 15) is 0 Å². The fourth-order valence-corrected chi connectivity index (χ4v) is 8.34. The van der Waals surface area contributed by atoms with Crippen LogP contribution in [-0.2, 0) is 0 Å². The maximum absolute atomic E-state index is 6.64. The van der Waals surface area contributed by atoms with Crippen molar-refractivity contribution in [3.63, 3.8) is 0 Å². The highest BCUT2D eigenvalue weighted by Gasteiger charge is 2.23. The maximum Gasteiger partial charge on any atom is 0.137 e. The summed E-state index contributed by atoms with van der Waals surface area (Å²) in [5.41, 5.74) is 13.9. The number of anilines is 3. The monoisotopic (exact) mass is 696 g/mol. The van der Waals surface area contributed by atoms with E-state index in [-0.39, 0.29) is 0 Å². The van der Waals surface area contributed by atoms with Crippen LogP contribution in [0.2, 0.25) is 0 Å². The molecule has 4 heteroatoms. The minimum Gasteiger partial charge on any atom is -0.456 e. The SMILES string of the molecule is c1ccc(-c2ccc(N(c3ccc(-c4ccccc4)cc3-c3ccccc3)c3cccc4oc5cc6nc(-c7ccccc7)sc6cc5c34)cc2)cc1. The molecule has 0 radical (unpaired) electrons. The highest BCUT2D eigenvalue weighted by molar-refractivity contribution is 7.21. The predicted octanol–water partition coefficient (Wildman–Crippen LogP) is 14.3. The average molecular weight is 697 g/mol. The molecule has 0 unspecified atom stereocenters. The van der Waals surface area contributed by atoms with Crippen molar-refractivity contribution < 1.29 is 4.42 Å². The molecule has 53 heavy (non-hydrogen) atoms. The van der Waals surface area contributed by atoms with Gasteiger partial charge < -0.3 is 9.32 Å². The number of thiazole rings is 1. The van der Waals surface area contributed by atoms with Crippen LogP contribution in [0.3, 0.4) is 0 Å². The lowest BCUT2D eigenvalue weighted by atomic mass is 9.95. The zero-order chi connectivity index (χ0) is 35.1. The van der Waals surface area contributed by atoms with Crippen molar-refractivity contribution in [3.05, 3.63) is 194 Å². The Morgan fingerprint density at radius 1 is 0.434 bits per heavy atom. The number of furan rings is 1. The zero-order valence-corrected chi connectivity index (χ0v) is 29.5. The largest absolute Gasteiger partial charge is 0.456 e. The highest BCUT2D eigenvalue weighted by Crippen LogP contribution is 2.48. The van der Waals surface area contributed by atoms with Crippen molar-refractivity contribution >= 4 is 60.6 Å². The van der Waals surface area contributed by atoms with Gasteiger partial charge in [-0.3, -0.25) is 0 Å². The molecule has 0 atom stereocenters. The number of nitrogens with zero attached hydrogens (tertiary/aromatic N) is 2. The van der Waals surface area contributed by atoms with Crippen molar-refractivity contribution in [2.75, 3.05) is 4.90 Å². The summed E-state index contributed by atoms with van der Waals surface area (Å²) in [5.74, 6) is 0. The van der Waals surface area contributed by atoms with E-state index in [0.29, 0.717) is 0 Å². The van der Waals surface area contributed by atoms with Gasteiger partial charge in [-0.15, -0.1) is 11.3 Å². The van der Waals surface area contributed by atoms with Gasteiger partial charge >= 0.3 is 0 Å². The zero-order valence-electron chi connectivity index (χ0n) is 28.7. The molecule has 3 nitrogen and oxygen atoms in total. The van der Waals surface area contributed by atoms with Crippen molar-refractivity contribution in [1.82, 2.24) is 4.98 Å².